The molecule has 0 saturated heterocycles. The first kappa shape index (κ1) is 7.36. The maximum atomic E-state index is 10.9. The lowest BCUT2D eigenvalue weighted by Gasteiger charge is -2.13. The van der Waals surface area contributed by atoms with Crippen LogP contribution in [0, 0.1) is 0 Å². The number of amides is 1. The highest BCUT2D eigenvalue weighted by atomic mass is 32.1. The second kappa shape index (κ2) is 2.98. The van der Waals surface area contributed by atoms with E-state index in [1.165, 1.54) is 6.08 Å². The molecule has 1 aliphatic heterocycles. The zero-order chi connectivity index (χ0) is 8.39. The number of carbonyl (C=O) groups is 1. The van der Waals surface area contributed by atoms with Gasteiger partial charge in [0.1, 0.15) is 5.76 Å². The van der Waals surface area contributed by atoms with E-state index in [4.69, 9.17) is 4.74 Å². The quantitative estimate of drug-likeness (QED) is 0.706. The van der Waals surface area contributed by atoms with Crippen LogP contribution < -0.4 is 5.32 Å². The largest absolute Gasteiger partial charge is 0.472 e. The van der Waals surface area contributed by atoms with Crippen LogP contribution in [0.3, 0.4) is 0 Å². The zero-order valence-electron chi connectivity index (χ0n) is 6.24. The number of nitrogens with one attached hydrogen (secondary N) is 1. The highest BCUT2D eigenvalue weighted by Crippen LogP contribution is 2.21. The van der Waals surface area contributed by atoms with Gasteiger partial charge in [0, 0.05) is 6.08 Å². The lowest BCUT2D eigenvalue weighted by molar-refractivity contribution is -0.118. The van der Waals surface area contributed by atoms with E-state index in [0.717, 1.165) is 4.88 Å². The Kier molecular flexibility index (Phi) is 1.83. The van der Waals surface area contributed by atoms with E-state index < -0.39 is 0 Å². The summed E-state index contributed by atoms with van der Waals surface area (Å²) in [5.74, 6) is 0.568. The summed E-state index contributed by atoms with van der Waals surface area (Å²) in [6.07, 6.45) is 1.47. The number of rotatable bonds is 1. The molecule has 0 fully saturated rings. The van der Waals surface area contributed by atoms with Gasteiger partial charge in [-0.3, -0.25) is 4.79 Å². The normalized spacial score (nSPS) is 16.3. The third kappa shape index (κ3) is 1.33. The van der Waals surface area contributed by atoms with Crippen LogP contribution in [0.4, 0.5) is 0 Å². The fraction of sp³-hybridized carbons (Fsp3) is 0.125. The Morgan fingerprint density at radius 2 is 2.50 bits per heavy atom. The number of hydrogen-bond donors (Lipinski definition) is 1. The molecule has 1 aliphatic rings. The number of carbonyl (C=O) groups excluding carboxylic acids is 1. The molecular formula is C8H7NO2S. The van der Waals surface area contributed by atoms with Crippen LogP contribution in [0.15, 0.2) is 23.6 Å². The predicted octanol–water partition coefficient (Wildman–Crippen LogP) is 1.19. The van der Waals surface area contributed by atoms with Crippen molar-refractivity contribution in [2.24, 2.45) is 0 Å². The highest BCUT2D eigenvalue weighted by molar-refractivity contribution is 7.11. The minimum Gasteiger partial charge on any atom is -0.472 e. The first-order chi connectivity index (χ1) is 5.86. The Morgan fingerprint density at radius 3 is 3.17 bits per heavy atom. The van der Waals surface area contributed by atoms with Crippen molar-refractivity contribution in [3.63, 3.8) is 0 Å². The van der Waals surface area contributed by atoms with Crippen molar-refractivity contribution in [2.45, 2.75) is 0 Å². The van der Waals surface area contributed by atoms with Crippen LogP contribution >= 0.6 is 11.3 Å². The van der Waals surface area contributed by atoms with Crippen molar-refractivity contribution in [1.82, 2.24) is 5.32 Å². The van der Waals surface area contributed by atoms with E-state index in [9.17, 15) is 4.79 Å². The van der Waals surface area contributed by atoms with Gasteiger partial charge in [0.2, 0.25) is 5.91 Å². The summed E-state index contributed by atoms with van der Waals surface area (Å²) in [5.41, 5.74) is 0. The third-order valence-corrected chi connectivity index (χ3v) is 2.38. The third-order valence-electron chi connectivity index (χ3n) is 1.50. The minimum absolute atomic E-state index is 0.0929. The highest BCUT2D eigenvalue weighted by Gasteiger charge is 2.11. The Morgan fingerprint density at radius 1 is 1.58 bits per heavy atom. The molecule has 0 aromatic carbocycles. The van der Waals surface area contributed by atoms with Crippen molar-refractivity contribution >= 4 is 23.0 Å². The first-order valence-electron chi connectivity index (χ1n) is 3.52. The summed E-state index contributed by atoms with van der Waals surface area (Å²) in [5, 5.41) is 4.49. The SMILES string of the molecule is O=C1C=C(c2cccs2)OCN1. The van der Waals surface area contributed by atoms with E-state index in [0.29, 0.717) is 5.76 Å². The van der Waals surface area contributed by atoms with Gasteiger partial charge in [-0.15, -0.1) is 11.3 Å². The van der Waals surface area contributed by atoms with Gasteiger partial charge < -0.3 is 10.1 Å². The van der Waals surface area contributed by atoms with Gasteiger partial charge in [-0.1, -0.05) is 6.07 Å². The van der Waals surface area contributed by atoms with E-state index >= 15 is 0 Å². The number of thiophene rings is 1. The van der Waals surface area contributed by atoms with Crippen LogP contribution in [-0.4, -0.2) is 12.6 Å². The van der Waals surface area contributed by atoms with Crippen molar-refractivity contribution in [3.8, 4) is 0 Å². The molecule has 62 valence electrons. The number of ether oxygens (including phenoxy) is 1. The Balaban J connectivity index is 2.29. The van der Waals surface area contributed by atoms with Gasteiger partial charge in [0.25, 0.3) is 0 Å². The molecular weight excluding hydrogens is 174 g/mol. The molecule has 0 atom stereocenters. The van der Waals surface area contributed by atoms with Crippen molar-refractivity contribution in [3.05, 3.63) is 28.5 Å². The molecule has 0 unspecified atom stereocenters. The maximum absolute atomic E-state index is 10.9. The molecule has 1 amide bonds. The van der Waals surface area contributed by atoms with Gasteiger partial charge in [0.15, 0.2) is 6.73 Å². The average Bonchev–Trinajstić information content (AvgIpc) is 2.56. The van der Waals surface area contributed by atoms with Gasteiger partial charge in [-0.25, -0.2) is 0 Å². The lowest BCUT2D eigenvalue weighted by Crippen LogP contribution is -2.28. The van der Waals surface area contributed by atoms with Crippen LogP contribution in [0.1, 0.15) is 4.88 Å². The van der Waals surface area contributed by atoms with E-state index in [1.54, 1.807) is 11.3 Å². The van der Waals surface area contributed by atoms with Crippen molar-refractivity contribution in [1.29, 1.82) is 0 Å². The van der Waals surface area contributed by atoms with Crippen LogP contribution in [-0.2, 0) is 9.53 Å². The molecule has 0 spiro atoms. The molecule has 0 radical (unpaired) electrons. The van der Waals surface area contributed by atoms with E-state index in [-0.39, 0.29) is 12.6 Å². The lowest BCUT2D eigenvalue weighted by atomic mass is 10.3. The summed E-state index contributed by atoms with van der Waals surface area (Å²) >= 11 is 1.56. The minimum atomic E-state index is -0.0929. The molecule has 3 nitrogen and oxygen atoms in total. The van der Waals surface area contributed by atoms with Gasteiger partial charge in [-0.2, -0.15) is 0 Å². The molecule has 1 aromatic rings. The smallest absolute Gasteiger partial charge is 0.250 e. The molecule has 2 rings (SSSR count). The summed E-state index contributed by atoms with van der Waals surface area (Å²) in [4.78, 5) is 11.9. The molecule has 12 heavy (non-hydrogen) atoms. The standard InChI is InChI=1S/C8H7NO2S/c10-8-4-6(11-5-9-8)7-2-1-3-12-7/h1-4H,5H2,(H,9,10). The summed E-state index contributed by atoms with van der Waals surface area (Å²) in [7, 11) is 0. The summed E-state index contributed by atoms with van der Waals surface area (Å²) in [6.45, 7) is 0.266. The zero-order valence-corrected chi connectivity index (χ0v) is 7.06. The van der Waals surface area contributed by atoms with E-state index in [2.05, 4.69) is 5.32 Å². The van der Waals surface area contributed by atoms with Crippen LogP contribution in [0.2, 0.25) is 0 Å². The van der Waals surface area contributed by atoms with Crippen molar-refractivity contribution < 1.29 is 9.53 Å². The predicted molar refractivity (Wildman–Crippen MR) is 46.4 cm³/mol. The molecule has 1 aromatic heterocycles. The van der Waals surface area contributed by atoms with Crippen LogP contribution in [0.5, 0.6) is 0 Å². The topological polar surface area (TPSA) is 38.3 Å². The first-order valence-corrected chi connectivity index (χ1v) is 4.40. The van der Waals surface area contributed by atoms with E-state index in [1.807, 2.05) is 17.5 Å². The second-order valence-corrected chi connectivity index (χ2v) is 3.26. The summed E-state index contributed by atoms with van der Waals surface area (Å²) in [6, 6.07) is 3.85. The fourth-order valence-electron chi connectivity index (χ4n) is 0.958. The average molecular weight is 181 g/mol. The summed E-state index contributed by atoms with van der Waals surface area (Å²) < 4.78 is 5.23. The molecule has 2 heterocycles. The monoisotopic (exact) mass is 181 g/mol. The van der Waals surface area contributed by atoms with Gasteiger partial charge >= 0.3 is 0 Å². The molecule has 0 aliphatic carbocycles. The molecule has 0 bridgehead atoms. The Hall–Kier alpha value is -1.29. The van der Waals surface area contributed by atoms with Gasteiger partial charge in [0.05, 0.1) is 4.88 Å². The Bertz CT molecular complexity index is 316. The Labute approximate surface area is 73.7 Å². The second-order valence-electron chi connectivity index (χ2n) is 2.32. The van der Waals surface area contributed by atoms with Gasteiger partial charge in [-0.05, 0) is 11.4 Å². The fourth-order valence-corrected chi connectivity index (χ4v) is 1.65. The molecule has 4 heteroatoms. The van der Waals surface area contributed by atoms with Crippen molar-refractivity contribution in [2.75, 3.05) is 6.73 Å². The number of hydrogen-bond acceptors (Lipinski definition) is 3. The molecule has 1 N–H and O–H groups in total. The van der Waals surface area contributed by atoms with Crippen LogP contribution in [0.25, 0.3) is 5.76 Å². The maximum Gasteiger partial charge on any atom is 0.250 e. The molecule has 0 saturated carbocycles.